The van der Waals surface area contributed by atoms with E-state index in [1.807, 2.05) is 0 Å². The minimum Gasteiger partial charge on any atom is -0.436 e. The van der Waals surface area contributed by atoms with E-state index in [9.17, 15) is 13.6 Å². The molecule has 1 aromatic carbocycles. The van der Waals surface area contributed by atoms with Crippen LogP contribution in [0.1, 0.15) is 24.1 Å². The maximum Gasteiger partial charge on any atom is 0.408 e. The third kappa shape index (κ3) is 2.45. The van der Waals surface area contributed by atoms with Crippen LogP contribution in [-0.4, -0.2) is 11.1 Å². The summed E-state index contributed by atoms with van der Waals surface area (Å²) in [6.45, 7) is 1.54. The van der Waals surface area contributed by atoms with Gasteiger partial charge < -0.3 is 10.1 Å². The molecule has 22 heavy (non-hydrogen) atoms. The van der Waals surface area contributed by atoms with Crippen LogP contribution >= 0.6 is 15.9 Å². The zero-order chi connectivity index (χ0) is 15.9. The first kappa shape index (κ1) is 14.9. The van der Waals surface area contributed by atoms with E-state index in [4.69, 9.17) is 4.74 Å². The Morgan fingerprint density at radius 2 is 2.09 bits per heavy atom. The fourth-order valence-electron chi connectivity index (χ4n) is 2.61. The lowest BCUT2D eigenvalue weighted by Crippen LogP contribution is -2.32. The number of amides is 1. The molecule has 1 aromatic heterocycles. The van der Waals surface area contributed by atoms with Gasteiger partial charge in [-0.25, -0.2) is 13.6 Å². The van der Waals surface area contributed by atoms with Crippen molar-refractivity contribution in [1.29, 1.82) is 0 Å². The van der Waals surface area contributed by atoms with E-state index in [0.29, 0.717) is 10.0 Å². The summed E-state index contributed by atoms with van der Waals surface area (Å²) in [6.07, 6.45) is 2.43. The molecule has 2 aromatic rings. The summed E-state index contributed by atoms with van der Waals surface area (Å²) in [6, 6.07) is 4.11. The van der Waals surface area contributed by atoms with Crippen molar-refractivity contribution in [3.05, 3.63) is 63.9 Å². The fourth-order valence-corrected chi connectivity index (χ4v) is 2.99. The van der Waals surface area contributed by atoms with Gasteiger partial charge in [0.15, 0.2) is 5.60 Å². The fraction of sp³-hybridized carbons (Fsp3) is 0.200. The molecule has 0 aliphatic carbocycles. The number of benzene rings is 1. The van der Waals surface area contributed by atoms with Gasteiger partial charge in [-0.2, -0.15) is 0 Å². The molecule has 114 valence electrons. The molecular formula is C15H11BrF2N2O2. The molecular weight excluding hydrogens is 358 g/mol. The number of nitrogens with zero attached hydrogens (tertiary/aromatic N) is 1. The van der Waals surface area contributed by atoms with Crippen molar-refractivity contribution >= 4 is 22.0 Å². The smallest absolute Gasteiger partial charge is 0.408 e. The van der Waals surface area contributed by atoms with E-state index in [0.717, 1.165) is 18.2 Å². The van der Waals surface area contributed by atoms with Crippen LogP contribution in [0.4, 0.5) is 13.6 Å². The Kier molecular flexibility index (Phi) is 3.60. The SMILES string of the molecule is CC1(c2cc(F)ccc2F)OC(=O)NC1c1cncc(Br)c1. The van der Waals surface area contributed by atoms with Crippen molar-refractivity contribution in [2.45, 2.75) is 18.6 Å². The van der Waals surface area contributed by atoms with Gasteiger partial charge in [-0.15, -0.1) is 0 Å². The number of nitrogens with one attached hydrogen (secondary N) is 1. The van der Waals surface area contributed by atoms with Gasteiger partial charge in [0, 0.05) is 22.4 Å². The second-order valence-electron chi connectivity index (χ2n) is 5.13. The first-order valence-corrected chi connectivity index (χ1v) is 7.25. The van der Waals surface area contributed by atoms with Gasteiger partial charge in [0.05, 0.1) is 0 Å². The molecule has 1 N–H and O–H groups in total. The van der Waals surface area contributed by atoms with Crippen molar-refractivity contribution in [2.75, 3.05) is 0 Å². The van der Waals surface area contributed by atoms with Gasteiger partial charge >= 0.3 is 6.09 Å². The summed E-state index contributed by atoms with van der Waals surface area (Å²) in [5, 5.41) is 2.62. The first-order chi connectivity index (χ1) is 10.4. The van der Waals surface area contributed by atoms with Crippen molar-refractivity contribution in [2.24, 2.45) is 0 Å². The minimum absolute atomic E-state index is 0.0316. The Morgan fingerprint density at radius 3 is 2.82 bits per heavy atom. The number of pyridine rings is 1. The zero-order valence-corrected chi connectivity index (χ0v) is 13.0. The lowest BCUT2D eigenvalue weighted by atomic mass is 9.85. The number of hydrogen-bond donors (Lipinski definition) is 1. The van der Waals surface area contributed by atoms with E-state index >= 15 is 0 Å². The largest absolute Gasteiger partial charge is 0.436 e. The molecule has 2 atom stereocenters. The molecule has 2 heterocycles. The number of carbonyl (C=O) groups is 1. The summed E-state index contributed by atoms with van der Waals surface area (Å²) < 4.78 is 33.6. The molecule has 0 bridgehead atoms. The monoisotopic (exact) mass is 368 g/mol. The molecule has 1 saturated heterocycles. The van der Waals surface area contributed by atoms with Gasteiger partial charge in [-0.1, -0.05) is 0 Å². The molecule has 7 heteroatoms. The molecule has 1 aliphatic rings. The molecule has 1 fully saturated rings. The van der Waals surface area contributed by atoms with Gasteiger partial charge in [0.25, 0.3) is 0 Å². The van der Waals surface area contributed by atoms with Crippen molar-refractivity contribution in [3.8, 4) is 0 Å². The van der Waals surface area contributed by atoms with E-state index in [-0.39, 0.29) is 5.56 Å². The number of alkyl carbamates (subject to hydrolysis) is 1. The highest BCUT2D eigenvalue weighted by molar-refractivity contribution is 9.10. The maximum absolute atomic E-state index is 14.2. The lowest BCUT2D eigenvalue weighted by Gasteiger charge is -2.29. The number of rotatable bonds is 2. The highest BCUT2D eigenvalue weighted by Crippen LogP contribution is 2.43. The first-order valence-electron chi connectivity index (χ1n) is 6.45. The summed E-state index contributed by atoms with van der Waals surface area (Å²) >= 11 is 3.29. The highest BCUT2D eigenvalue weighted by atomic mass is 79.9. The lowest BCUT2D eigenvalue weighted by molar-refractivity contribution is 0.0460. The van der Waals surface area contributed by atoms with E-state index in [1.54, 1.807) is 18.5 Å². The van der Waals surface area contributed by atoms with Crippen LogP contribution in [0, 0.1) is 11.6 Å². The van der Waals surface area contributed by atoms with Crippen LogP contribution in [0.5, 0.6) is 0 Å². The molecule has 1 amide bonds. The zero-order valence-electron chi connectivity index (χ0n) is 11.4. The quantitative estimate of drug-likeness (QED) is 0.876. The summed E-state index contributed by atoms with van der Waals surface area (Å²) in [5.74, 6) is -1.25. The van der Waals surface area contributed by atoms with E-state index in [1.165, 1.54) is 6.92 Å². The predicted molar refractivity (Wildman–Crippen MR) is 78.0 cm³/mol. The van der Waals surface area contributed by atoms with Crippen LogP contribution in [0.15, 0.2) is 41.1 Å². The Labute approximate surface area is 133 Å². The third-order valence-corrected chi connectivity index (χ3v) is 4.07. The average Bonchev–Trinajstić information content (AvgIpc) is 2.77. The Balaban J connectivity index is 2.13. The maximum atomic E-state index is 14.2. The predicted octanol–water partition coefficient (Wildman–Crippen LogP) is 3.82. The van der Waals surface area contributed by atoms with Gasteiger partial charge in [0.1, 0.15) is 17.7 Å². The Bertz CT molecular complexity index is 756. The molecule has 3 rings (SSSR count). The summed E-state index contributed by atoms with van der Waals surface area (Å²) in [5.41, 5.74) is -0.798. The van der Waals surface area contributed by atoms with Gasteiger partial charge in [-0.05, 0) is 52.7 Å². The van der Waals surface area contributed by atoms with E-state index in [2.05, 4.69) is 26.2 Å². The molecule has 0 spiro atoms. The number of hydrogen-bond acceptors (Lipinski definition) is 3. The number of aromatic nitrogens is 1. The molecule has 1 aliphatic heterocycles. The third-order valence-electron chi connectivity index (χ3n) is 3.64. The second kappa shape index (κ2) is 5.31. The van der Waals surface area contributed by atoms with Crippen LogP contribution in [0.25, 0.3) is 0 Å². The van der Waals surface area contributed by atoms with Crippen LogP contribution in [-0.2, 0) is 10.3 Å². The number of carbonyl (C=O) groups excluding carboxylic acids is 1. The van der Waals surface area contributed by atoms with E-state index < -0.39 is 29.4 Å². The topological polar surface area (TPSA) is 51.2 Å². The highest BCUT2D eigenvalue weighted by Gasteiger charge is 2.49. The van der Waals surface area contributed by atoms with Crippen LogP contribution in [0.2, 0.25) is 0 Å². The van der Waals surface area contributed by atoms with Crippen molar-refractivity contribution in [1.82, 2.24) is 10.3 Å². The summed E-state index contributed by atoms with van der Waals surface area (Å²) in [7, 11) is 0. The average molecular weight is 369 g/mol. The van der Waals surface area contributed by atoms with Crippen LogP contribution in [0.3, 0.4) is 0 Å². The molecule has 2 unspecified atom stereocenters. The standard InChI is InChI=1S/C15H11BrF2N2O2/c1-15(11-5-10(17)2-3-12(11)18)13(20-14(21)22-15)8-4-9(16)7-19-6-8/h2-7,13H,1H3,(H,20,21). The molecule has 0 saturated carbocycles. The van der Waals surface area contributed by atoms with Crippen molar-refractivity contribution in [3.63, 3.8) is 0 Å². The Hall–Kier alpha value is -2.02. The Morgan fingerprint density at radius 1 is 1.32 bits per heavy atom. The van der Waals surface area contributed by atoms with Gasteiger partial charge in [0.2, 0.25) is 0 Å². The molecule has 4 nitrogen and oxygen atoms in total. The summed E-state index contributed by atoms with van der Waals surface area (Å²) in [4.78, 5) is 15.7. The number of ether oxygens (including phenoxy) is 1. The number of halogens is 3. The van der Waals surface area contributed by atoms with Crippen LogP contribution < -0.4 is 5.32 Å². The molecule has 0 radical (unpaired) electrons. The normalized spacial score (nSPS) is 24.0. The minimum atomic E-state index is -1.38. The second-order valence-corrected chi connectivity index (χ2v) is 6.05. The van der Waals surface area contributed by atoms with Gasteiger partial charge in [-0.3, -0.25) is 4.98 Å². The number of cyclic esters (lactones) is 1. The van der Waals surface area contributed by atoms with Crippen molar-refractivity contribution < 1.29 is 18.3 Å².